The molecular weight excluding hydrogens is 461 g/mol. The highest BCUT2D eigenvalue weighted by atomic mass is 19.1. The van der Waals surface area contributed by atoms with Crippen LogP contribution in [0.25, 0.3) is 5.57 Å². The largest absolute Gasteiger partial charge is 0.477 e. The van der Waals surface area contributed by atoms with Crippen molar-refractivity contribution < 1.29 is 23.8 Å². The molecule has 0 aliphatic carbocycles. The number of benzene rings is 1. The van der Waals surface area contributed by atoms with E-state index in [4.69, 9.17) is 4.74 Å². The average Bonchev–Trinajstić information content (AvgIpc) is 2.82. The van der Waals surface area contributed by atoms with Crippen LogP contribution in [-0.4, -0.2) is 52.3 Å². The Morgan fingerprint density at radius 2 is 1.86 bits per heavy atom. The number of anilines is 2. The predicted molar refractivity (Wildman–Crippen MR) is 137 cm³/mol. The Balaban J connectivity index is 1.78. The maximum atomic E-state index is 13.6. The lowest BCUT2D eigenvalue weighted by Gasteiger charge is -2.38. The van der Waals surface area contributed by atoms with Crippen molar-refractivity contribution in [2.24, 2.45) is 5.92 Å². The van der Waals surface area contributed by atoms with Crippen LogP contribution < -0.4 is 4.90 Å². The van der Waals surface area contributed by atoms with Gasteiger partial charge in [0.05, 0.1) is 11.9 Å². The highest BCUT2D eigenvalue weighted by Gasteiger charge is 2.32. The fraction of sp³-hybridized carbons (Fsp3) is 0.393. The molecule has 0 saturated heterocycles. The summed E-state index contributed by atoms with van der Waals surface area (Å²) in [5, 5.41) is 9.65. The molecule has 1 amide bonds. The molecule has 0 saturated carbocycles. The summed E-state index contributed by atoms with van der Waals surface area (Å²) < 4.78 is 19.2. The zero-order valence-corrected chi connectivity index (χ0v) is 21.3. The van der Waals surface area contributed by atoms with Gasteiger partial charge in [-0.05, 0) is 80.2 Å². The van der Waals surface area contributed by atoms with Crippen LogP contribution in [0, 0.1) is 11.7 Å². The van der Waals surface area contributed by atoms with Crippen molar-refractivity contribution in [1.29, 1.82) is 0 Å². The van der Waals surface area contributed by atoms with E-state index in [1.54, 1.807) is 29.3 Å². The van der Waals surface area contributed by atoms with Gasteiger partial charge in [-0.25, -0.2) is 19.0 Å². The number of amides is 1. The number of ether oxygens (including phenoxy) is 1. The lowest BCUT2D eigenvalue weighted by atomic mass is 9.82. The quantitative estimate of drug-likeness (QED) is 0.559. The fourth-order valence-electron chi connectivity index (χ4n) is 4.58. The number of aromatic nitrogens is 1. The van der Waals surface area contributed by atoms with Gasteiger partial charge < -0.3 is 19.6 Å². The second-order valence-corrected chi connectivity index (χ2v) is 10.4. The molecule has 0 unspecified atom stereocenters. The van der Waals surface area contributed by atoms with Gasteiger partial charge in [-0.15, -0.1) is 0 Å². The molecule has 4 rings (SSSR count). The van der Waals surface area contributed by atoms with Crippen molar-refractivity contribution >= 4 is 29.0 Å². The Morgan fingerprint density at radius 1 is 1.17 bits per heavy atom. The first-order valence-corrected chi connectivity index (χ1v) is 12.1. The topological polar surface area (TPSA) is 83.0 Å². The third kappa shape index (κ3) is 5.27. The summed E-state index contributed by atoms with van der Waals surface area (Å²) in [6.45, 7) is 11.2. The zero-order chi connectivity index (χ0) is 26.2. The summed E-state index contributed by atoms with van der Waals surface area (Å²) in [6, 6.07) is 7.87. The van der Waals surface area contributed by atoms with E-state index in [1.807, 2.05) is 31.7 Å². The van der Waals surface area contributed by atoms with Crippen molar-refractivity contribution in [2.45, 2.75) is 46.6 Å². The summed E-state index contributed by atoms with van der Waals surface area (Å²) in [7, 11) is 0. The maximum Gasteiger partial charge on any atom is 0.410 e. The SMILES string of the molecule is CC(C)C1=C(C2=CCN(C(=O)OC(C)(C)C)CC2)c2cc(C(=O)O)ncc2N(c2ccc(F)cc2)C1. The molecule has 0 radical (unpaired) electrons. The van der Waals surface area contributed by atoms with E-state index in [9.17, 15) is 19.1 Å². The van der Waals surface area contributed by atoms with E-state index in [-0.39, 0.29) is 23.5 Å². The standard InChI is InChI=1S/C28H32FN3O4/c1-17(2)22-16-32(20-8-6-19(29)7-9-20)24-15-30-23(26(33)34)14-21(24)25(22)18-10-12-31(13-11-18)27(35)36-28(3,4)5/h6-10,14-15,17H,11-13,16H2,1-5H3,(H,33,34). The molecule has 3 heterocycles. The van der Waals surface area contributed by atoms with Crippen LogP contribution in [0.4, 0.5) is 20.6 Å². The number of carboxylic acid groups (broad SMARTS) is 1. The summed E-state index contributed by atoms with van der Waals surface area (Å²) >= 11 is 0. The smallest absolute Gasteiger partial charge is 0.410 e. The highest BCUT2D eigenvalue weighted by Crippen LogP contribution is 2.45. The van der Waals surface area contributed by atoms with Gasteiger partial charge in [0.1, 0.15) is 17.1 Å². The number of carbonyl (C=O) groups is 2. The third-order valence-electron chi connectivity index (χ3n) is 6.33. The van der Waals surface area contributed by atoms with Crippen molar-refractivity contribution in [3.63, 3.8) is 0 Å². The molecule has 0 bridgehead atoms. The lowest BCUT2D eigenvalue weighted by Crippen LogP contribution is -2.39. The number of aromatic carboxylic acids is 1. The predicted octanol–water partition coefficient (Wildman–Crippen LogP) is 6.05. The molecular formula is C28H32FN3O4. The molecule has 1 aromatic carbocycles. The first-order valence-electron chi connectivity index (χ1n) is 12.1. The van der Waals surface area contributed by atoms with Crippen LogP contribution >= 0.6 is 0 Å². The number of carboxylic acids is 1. The van der Waals surface area contributed by atoms with E-state index in [1.165, 1.54) is 12.1 Å². The van der Waals surface area contributed by atoms with Crippen LogP contribution in [0.1, 0.15) is 57.1 Å². The summed E-state index contributed by atoms with van der Waals surface area (Å²) in [4.78, 5) is 32.3. The Bertz CT molecular complexity index is 1240. The number of halogens is 1. The summed E-state index contributed by atoms with van der Waals surface area (Å²) in [5.41, 5.74) is 4.95. The van der Waals surface area contributed by atoms with E-state index in [2.05, 4.69) is 18.8 Å². The first kappa shape index (κ1) is 25.4. The second kappa shape index (κ2) is 9.76. The minimum atomic E-state index is -1.10. The van der Waals surface area contributed by atoms with E-state index >= 15 is 0 Å². The molecule has 2 aliphatic rings. The molecule has 1 aromatic heterocycles. The Morgan fingerprint density at radius 3 is 2.42 bits per heavy atom. The van der Waals surface area contributed by atoms with Gasteiger partial charge >= 0.3 is 12.1 Å². The van der Waals surface area contributed by atoms with Gasteiger partial charge in [0.15, 0.2) is 0 Å². The van der Waals surface area contributed by atoms with E-state index < -0.39 is 11.6 Å². The molecule has 2 aliphatic heterocycles. The van der Waals surface area contributed by atoms with Gasteiger partial charge in [-0.2, -0.15) is 0 Å². The Hall–Kier alpha value is -3.68. The summed E-state index contributed by atoms with van der Waals surface area (Å²) in [5.74, 6) is -1.25. The maximum absolute atomic E-state index is 13.6. The lowest BCUT2D eigenvalue weighted by molar-refractivity contribution is 0.0266. The van der Waals surface area contributed by atoms with E-state index in [0.717, 1.165) is 33.7 Å². The Kier molecular flexibility index (Phi) is 6.89. The molecule has 8 heteroatoms. The number of hydrogen-bond donors (Lipinski definition) is 1. The molecule has 0 fully saturated rings. The molecule has 7 nitrogen and oxygen atoms in total. The number of fused-ring (bicyclic) bond motifs is 1. The monoisotopic (exact) mass is 493 g/mol. The van der Waals surface area contributed by atoms with Crippen LogP contribution in [0.5, 0.6) is 0 Å². The molecule has 0 spiro atoms. The number of allylic oxidation sites excluding steroid dienone is 1. The van der Waals surface area contributed by atoms with Gasteiger partial charge in [0.2, 0.25) is 0 Å². The first-order chi connectivity index (χ1) is 16.9. The van der Waals surface area contributed by atoms with Gasteiger partial charge in [0, 0.05) is 30.9 Å². The van der Waals surface area contributed by atoms with Crippen LogP contribution in [0.15, 0.2) is 53.8 Å². The minimum Gasteiger partial charge on any atom is -0.477 e. The molecule has 190 valence electrons. The fourth-order valence-corrected chi connectivity index (χ4v) is 4.58. The highest BCUT2D eigenvalue weighted by molar-refractivity contribution is 5.96. The number of pyridine rings is 1. The number of carbonyl (C=O) groups excluding carboxylic acids is 1. The second-order valence-electron chi connectivity index (χ2n) is 10.4. The van der Waals surface area contributed by atoms with Crippen molar-refractivity contribution in [1.82, 2.24) is 9.88 Å². The number of rotatable bonds is 4. The minimum absolute atomic E-state index is 0.0397. The van der Waals surface area contributed by atoms with Crippen molar-refractivity contribution in [2.75, 3.05) is 24.5 Å². The number of hydrogen-bond acceptors (Lipinski definition) is 5. The molecule has 0 atom stereocenters. The van der Waals surface area contributed by atoms with Crippen molar-refractivity contribution in [3.05, 3.63) is 70.8 Å². The van der Waals surface area contributed by atoms with Crippen LogP contribution in [0.3, 0.4) is 0 Å². The van der Waals surface area contributed by atoms with Crippen LogP contribution in [-0.2, 0) is 4.74 Å². The van der Waals surface area contributed by atoms with Gasteiger partial charge in [0.25, 0.3) is 0 Å². The molecule has 1 N–H and O–H groups in total. The third-order valence-corrected chi connectivity index (χ3v) is 6.33. The number of nitrogens with zero attached hydrogens (tertiary/aromatic N) is 3. The Labute approximate surface area is 210 Å². The zero-order valence-electron chi connectivity index (χ0n) is 21.3. The average molecular weight is 494 g/mol. The molecule has 2 aromatic rings. The van der Waals surface area contributed by atoms with Crippen molar-refractivity contribution in [3.8, 4) is 0 Å². The summed E-state index contributed by atoms with van der Waals surface area (Å²) in [6.07, 6.45) is 3.88. The van der Waals surface area contributed by atoms with E-state index in [0.29, 0.717) is 26.1 Å². The van der Waals surface area contributed by atoms with Gasteiger partial charge in [-0.1, -0.05) is 19.9 Å². The normalized spacial score (nSPS) is 16.1. The van der Waals surface area contributed by atoms with Gasteiger partial charge in [-0.3, -0.25) is 0 Å². The molecule has 36 heavy (non-hydrogen) atoms. The van der Waals surface area contributed by atoms with Crippen LogP contribution in [0.2, 0.25) is 0 Å².